The SMILES string of the molecule is C[C@@H](OC(=O)c1ccc2nccnc2c1)C(=O)N(C)Cc1ccccc1. The van der Waals surface area contributed by atoms with E-state index in [1.807, 2.05) is 30.3 Å². The van der Waals surface area contributed by atoms with Crippen molar-refractivity contribution in [2.75, 3.05) is 7.05 Å². The summed E-state index contributed by atoms with van der Waals surface area (Å²) in [7, 11) is 1.69. The summed E-state index contributed by atoms with van der Waals surface area (Å²) in [4.78, 5) is 34.7. The molecule has 6 heteroatoms. The van der Waals surface area contributed by atoms with Crippen molar-refractivity contribution in [2.24, 2.45) is 0 Å². The number of fused-ring (bicyclic) bond motifs is 1. The van der Waals surface area contributed by atoms with Crippen LogP contribution >= 0.6 is 0 Å². The van der Waals surface area contributed by atoms with Gasteiger partial charge in [0.05, 0.1) is 16.6 Å². The molecule has 0 aliphatic rings. The Kier molecular flexibility index (Phi) is 5.22. The van der Waals surface area contributed by atoms with Gasteiger partial charge in [-0.05, 0) is 30.7 Å². The van der Waals surface area contributed by atoms with Gasteiger partial charge in [-0.3, -0.25) is 14.8 Å². The fourth-order valence-corrected chi connectivity index (χ4v) is 2.61. The number of ether oxygens (including phenoxy) is 1. The van der Waals surface area contributed by atoms with Crippen molar-refractivity contribution in [1.82, 2.24) is 14.9 Å². The first-order valence-corrected chi connectivity index (χ1v) is 8.25. The second-order valence-electron chi connectivity index (χ2n) is 5.99. The van der Waals surface area contributed by atoms with E-state index < -0.39 is 12.1 Å². The smallest absolute Gasteiger partial charge is 0.338 e. The molecule has 3 aromatic rings. The molecular weight excluding hydrogens is 330 g/mol. The highest BCUT2D eigenvalue weighted by atomic mass is 16.5. The van der Waals surface area contributed by atoms with E-state index in [1.165, 1.54) is 0 Å². The zero-order valence-electron chi connectivity index (χ0n) is 14.6. The highest BCUT2D eigenvalue weighted by molar-refractivity contribution is 5.95. The number of nitrogens with zero attached hydrogens (tertiary/aromatic N) is 3. The number of aromatic nitrogens is 2. The van der Waals surface area contributed by atoms with E-state index in [0.717, 1.165) is 5.56 Å². The number of carbonyl (C=O) groups excluding carboxylic acids is 2. The Hall–Kier alpha value is -3.28. The minimum absolute atomic E-state index is 0.261. The lowest BCUT2D eigenvalue weighted by molar-refractivity contribution is -0.139. The molecule has 0 saturated carbocycles. The maximum absolute atomic E-state index is 12.5. The van der Waals surface area contributed by atoms with Crippen LogP contribution in [0.1, 0.15) is 22.8 Å². The van der Waals surface area contributed by atoms with Gasteiger partial charge in [0.2, 0.25) is 0 Å². The molecule has 0 saturated heterocycles. The van der Waals surface area contributed by atoms with E-state index in [0.29, 0.717) is 23.1 Å². The van der Waals surface area contributed by atoms with Crippen LogP contribution in [0.3, 0.4) is 0 Å². The van der Waals surface area contributed by atoms with Crippen molar-refractivity contribution in [3.05, 3.63) is 72.1 Å². The topological polar surface area (TPSA) is 72.4 Å². The Morgan fingerprint density at radius 1 is 1.04 bits per heavy atom. The van der Waals surface area contributed by atoms with Crippen molar-refractivity contribution in [3.8, 4) is 0 Å². The molecule has 0 spiro atoms. The second-order valence-corrected chi connectivity index (χ2v) is 5.99. The van der Waals surface area contributed by atoms with Gasteiger partial charge in [0, 0.05) is 26.0 Å². The van der Waals surface area contributed by atoms with Gasteiger partial charge in [-0.15, -0.1) is 0 Å². The largest absolute Gasteiger partial charge is 0.449 e. The summed E-state index contributed by atoms with van der Waals surface area (Å²) < 4.78 is 5.33. The lowest BCUT2D eigenvalue weighted by Crippen LogP contribution is -2.37. The van der Waals surface area contributed by atoms with Crippen LogP contribution < -0.4 is 0 Å². The van der Waals surface area contributed by atoms with Gasteiger partial charge in [-0.25, -0.2) is 4.79 Å². The monoisotopic (exact) mass is 349 g/mol. The standard InChI is InChI=1S/C20H19N3O3/c1-14(19(24)23(2)13-15-6-4-3-5-7-15)26-20(25)16-8-9-17-18(12-16)22-11-10-21-17/h3-12,14H,13H2,1-2H3/t14-/m1/s1. The van der Waals surface area contributed by atoms with Gasteiger partial charge in [0.15, 0.2) is 6.10 Å². The Balaban J connectivity index is 1.64. The van der Waals surface area contributed by atoms with E-state index in [4.69, 9.17) is 4.74 Å². The quantitative estimate of drug-likeness (QED) is 0.662. The molecule has 1 aromatic heterocycles. The number of hydrogen-bond acceptors (Lipinski definition) is 5. The molecular formula is C20H19N3O3. The predicted octanol–water partition coefficient (Wildman–Crippen LogP) is 2.83. The number of likely N-dealkylation sites (N-methyl/N-ethyl adjacent to an activating group) is 1. The molecule has 0 N–H and O–H groups in total. The summed E-state index contributed by atoms with van der Waals surface area (Å²) in [5, 5.41) is 0. The van der Waals surface area contributed by atoms with Crippen LogP contribution in [0.4, 0.5) is 0 Å². The Labute approximate surface area is 151 Å². The first-order valence-electron chi connectivity index (χ1n) is 8.25. The minimum atomic E-state index is -0.881. The average molecular weight is 349 g/mol. The number of benzene rings is 2. The van der Waals surface area contributed by atoms with Gasteiger partial charge >= 0.3 is 5.97 Å². The molecule has 2 aromatic carbocycles. The summed E-state index contributed by atoms with van der Waals surface area (Å²) >= 11 is 0. The van der Waals surface area contributed by atoms with Crippen molar-refractivity contribution < 1.29 is 14.3 Å². The maximum Gasteiger partial charge on any atom is 0.338 e. The van der Waals surface area contributed by atoms with Crippen molar-refractivity contribution in [3.63, 3.8) is 0 Å². The normalized spacial score (nSPS) is 11.8. The van der Waals surface area contributed by atoms with Crippen LogP contribution in [0, 0.1) is 0 Å². The van der Waals surface area contributed by atoms with Crippen LogP contribution in [0.2, 0.25) is 0 Å². The van der Waals surface area contributed by atoms with Gasteiger partial charge in [-0.1, -0.05) is 30.3 Å². The van der Waals surface area contributed by atoms with E-state index in [1.54, 1.807) is 49.5 Å². The number of esters is 1. The van der Waals surface area contributed by atoms with Crippen LogP contribution in [-0.2, 0) is 16.1 Å². The fraction of sp³-hybridized carbons (Fsp3) is 0.200. The first-order chi connectivity index (χ1) is 12.5. The number of hydrogen-bond donors (Lipinski definition) is 0. The molecule has 0 aliphatic carbocycles. The average Bonchev–Trinajstić information content (AvgIpc) is 2.67. The Bertz CT molecular complexity index is 928. The summed E-state index contributed by atoms with van der Waals surface area (Å²) in [5.41, 5.74) is 2.64. The maximum atomic E-state index is 12.5. The molecule has 0 aliphatic heterocycles. The number of carbonyl (C=O) groups is 2. The zero-order chi connectivity index (χ0) is 18.5. The molecule has 3 rings (SSSR count). The minimum Gasteiger partial charge on any atom is -0.449 e. The number of amides is 1. The highest BCUT2D eigenvalue weighted by Crippen LogP contribution is 2.13. The first kappa shape index (κ1) is 17.5. The van der Waals surface area contributed by atoms with E-state index in [-0.39, 0.29) is 5.91 Å². The molecule has 0 unspecified atom stereocenters. The Morgan fingerprint density at radius 2 is 1.73 bits per heavy atom. The third kappa shape index (κ3) is 4.03. The molecule has 1 atom stereocenters. The zero-order valence-corrected chi connectivity index (χ0v) is 14.6. The van der Waals surface area contributed by atoms with Crippen molar-refractivity contribution >= 4 is 22.9 Å². The van der Waals surface area contributed by atoms with E-state index >= 15 is 0 Å². The third-order valence-electron chi connectivity index (χ3n) is 3.98. The Morgan fingerprint density at radius 3 is 2.46 bits per heavy atom. The molecule has 132 valence electrons. The fourth-order valence-electron chi connectivity index (χ4n) is 2.61. The van der Waals surface area contributed by atoms with Crippen LogP contribution in [0.25, 0.3) is 11.0 Å². The molecule has 0 fully saturated rings. The van der Waals surface area contributed by atoms with Gasteiger partial charge in [-0.2, -0.15) is 0 Å². The molecule has 1 amide bonds. The van der Waals surface area contributed by atoms with Gasteiger partial charge in [0.25, 0.3) is 5.91 Å². The van der Waals surface area contributed by atoms with Crippen LogP contribution in [0.5, 0.6) is 0 Å². The van der Waals surface area contributed by atoms with E-state index in [9.17, 15) is 9.59 Å². The van der Waals surface area contributed by atoms with Crippen LogP contribution in [0.15, 0.2) is 60.9 Å². The molecule has 0 bridgehead atoms. The van der Waals surface area contributed by atoms with Crippen molar-refractivity contribution in [2.45, 2.75) is 19.6 Å². The second kappa shape index (κ2) is 7.74. The molecule has 6 nitrogen and oxygen atoms in total. The lowest BCUT2D eigenvalue weighted by Gasteiger charge is -2.21. The van der Waals surface area contributed by atoms with E-state index in [2.05, 4.69) is 9.97 Å². The summed E-state index contributed by atoms with van der Waals surface area (Å²) in [5.74, 6) is -0.825. The third-order valence-corrected chi connectivity index (χ3v) is 3.98. The summed E-state index contributed by atoms with van der Waals surface area (Å²) in [6, 6.07) is 14.6. The predicted molar refractivity (Wildman–Crippen MR) is 97.3 cm³/mol. The van der Waals surface area contributed by atoms with Gasteiger partial charge < -0.3 is 9.64 Å². The van der Waals surface area contributed by atoms with Crippen molar-refractivity contribution in [1.29, 1.82) is 0 Å². The highest BCUT2D eigenvalue weighted by Gasteiger charge is 2.22. The number of rotatable bonds is 5. The van der Waals surface area contributed by atoms with Crippen LogP contribution in [-0.4, -0.2) is 39.9 Å². The molecule has 0 radical (unpaired) electrons. The summed E-state index contributed by atoms with van der Waals surface area (Å²) in [6.45, 7) is 2.02. The van der Waals surface area contributed by atoms with Gasteiger partial charge in [0.1, 0.15) is 0 Å². The lowest BCUT2D eigenvalue weighted by atomic mass is 10.2. The molecule has 1 heterocycles. The molecule has 26 heavy (non-hydrogen) atoms. The summed E-state index contributed by atoms with van der Waals surface area (Å²) in [6.07, 6.45) is 2.26.